The van der Waals surface area contributed by atoms with Gasteiger partial charge in [-0.05, 0) is 89.2 Å². The number of ether oxygens (including phenoxy) is 2. The van der Waals surface area contributed by atoms with Crippen molar-refractivity contribution in [3.63, 3.8) is 0 Å². The van der Waals surface area contributed by atoms with Crippen molar-refractivity contribution in [3.8, 4) is 11.5 Å². The first-order valence-electron chi connectivity index (χ1n) is 9.87. The summed E-state index contributed by atoms with van der Waals surface area (Å²) in [6.07, 6.45) is 1.52. The van der Waals surface area contributed by atoms with E-state index in [0.29, 0.717) is 28.7 Å². The van der Waals surface area contributed by atoms with E-state index in [4.69, 9.17) is 26.2 Å². The summed E-state index contributed by atoms with van der Waals surface area (Å²) in [4.78, 5) is 23.2. The maximum absolute atomic E-state index is 12.2. The van der Waals surface area contributed by atoms with Gasteiger partial charge in [-0.2, -0.15) is 5.10 Å². The number of rotatable bonds is 9. The smallest absolute Gasteiger partial charge is 0.335 e. The minimum Gasteiger partial charge on any atom is -0.490 e. The predicted molar refractivity (Wildman–Crippen MR) is 135 cm³/mol. The highest BCUT2D eigenvalue weighted by atomic mass is 127. The molecule has 33 heavy (non-hydrogen) atoms. The summed E-state index contributed by atoms with van der Waals surface area (Å²) in [6.45, 7) is 2.56. The van der Waals surface area contributed by atoms with E-state index in [9.17, 15) is 9.59 Å². The molecule has 0 aromatic heterocycles. The van der Waals surface area contributed by atoms with Gasteiger partial charge in [0, 0.05) is 10.6 Å². The van der Waals surface area contributed by atoms with Gasteiger partial charge >= 0.3 is 5.97 Å². The third-order valence-corrected chi connectivity index (χ3v) is 5.46. The molecule has 0 aliphatic carbocycles. The van der Waals surface area contributed by atoms with E-state index in [-0.39, 0.29) is 18.1 Å². The highest BCUT2D eigenvalue weighted by Gasteiger charge is 2.13. The van der Waals surface area contributed by atoms with Crippen molar-refractivity contribution in [2.45, 2.75) is 13.5 Å². The summed E-state index contributed by atoms with van der Waals surface area (Å²) in [5, 5.41) is 13.6. The molecule has 0 saturated heterocycles. The first-order chi connectivity index (χ1) is 15.9. The van der Waals surface area contributed by atoms with Crippen LogP contribution in [0.4, 0.5) is 0 Å². The number of halogens is 2. The molecule has 9 heteroatoms. The van der Waals surface area contributed by atoms with E-state index in [2.05, 4.69) is 33.1 Å². The van der Waals surface area contributed by atoms with Gasteiger partial charge in [0.1, 0.15) is 6.61 Å². The lowest BCUT2D eigenvalue weighted by Crippen LogP contribution is -2.17. The Morgan fingerprint density at radius 3 is 2.36 bits per heavy atom. The largest absolute Gasteiger partial charge is 0.490 e. The van der Waals surface area contributed by atoms with Gasteiger partial charge in [0.25, 0.3) is 5.91 Å². The van der Waals surface area contributed by atoms with Gasteiger partial charge in [-0.1, -0.05) is 23.7 Å². The third-order valence-electron chi connectivity index (χ3n) is 4.40. The molecule has 0 bridgehead atoms. The second-order valence-corrected chi connectivity index (χ2v) is 8.36. The zero-order valence-electron chi connectivity index (χ0n) is 17.5. The lowest BCUT2D eigenvalue weighted by atomic mass is 10.1. The highest BCUT2D eigenvalue weighted by Crippen LogP contribution is 2.34. The molecule has 0 unspecified atom stereocenters. The van der Waals surface area contributed by atoms with Crippen LogP contribution in [0.2, 0.25) is 5.02 Å². The summed E-state index contributed by atoms with van der Waals surface area (Å²) < 4.78 is 12.5. The maximum Gasteiger partial charge on any atom is 0.335 e. The molecule has 0 aliphatic heterocycles. The summed E-state index contributed by atoms with van der Waals surface area (Å²) in [6, 6.07) is 16.6. The SMILES string of the molecule is CCOc1cc(/C=N\NC(=O)c2ccc(Cl)cc2)cc(I)c1OCc1ccc(C(=O)O)cc1. The minimum atomic E-state index is -0.975. The molecular formula is C24H20ClIN2O5. The lowest BCUT2D eigenvalue weighted by Gasteiger charge is -2.15. The molecule has 1 amide bonds. The molecule has 2 N–H and O–H groups in total. The first-order valence-corrected chi connectivity index (χ1v) is 11.3. The van der Waals surface area contributed by atoms with E-state index in [0.717, 1.165) is 14.7 Å². The molecule has 3 aromatic rings. The molecule has 0 heterocycles. The fourth-order valence-corrected chi connectivity index (χ4v) is 3.70. The molecule has 0 spiro atoms. The second kappa shape index (κ2) is 11.7. The number of carboxylic acid groups (broad SMARTS) is 1. The molecule has 0 atom stereocenters. The molecule has 170 valence electrons. The number of aromatic carboxylic acids is 1. The standard InChI is InChI=1S/C24H20ClIN2O5/c1-2-32-21-12-16(13-27-28-23(29)17-7-9-19(25)10-8-17)11-20(26)22(21)33-14-15-3-5-18(6-4-15)24(30)31/h3-13H,2,14H2,1H3,(H,28,29)(H,30,31)/b27-13-. The number of hydrogen-bond donors (Lipinski definition) is 2. The molecule has 7 nitrogen and oxygen atoms in total. The number of nitrogens with one attached hydrogen (secondary N) is 1. The first kappa shape index (κ1) is 24.5. The van der Waals surface area contributed by atoms with Crippen molar-refractivity contribution in [2.75, 3.05) is 6.61 Å². The number of nitrogens with zero attached hydrogens (tertiary/aromatic N) is 1. The van der Waals surface area contributed by atoms with Gasteiger partial charge in [-0.3, -0.25) is 4.79 Å². The van der Waals surface area contributed by atoms with E-state index in [1.54, 1.807) is 42.5 Å². The number of carbonyl (C=O) groups is 2. The summed E-state index contributed by atoms with van der Waals surface area (Å²) in [7, 11) is 0. The Balaban J connectivity index is 1.70. The predicted octanol–water partition coefficient (Wildman–Crippen LogP) is 5.38. The summed E-state index contributed by atoms with van der Waals surface area (Å²) >= 11 is 7.98. The van der Waals surface area contributed by atoms with Crippen LogP contribution in [0.15, 0.2) is 65.8 Å². The number of carboxylic acids is 1. The van der Waals surface area contributed by atoms with Crippen molar-refractivity contribution < 1.29 is 24.2 Å². The molecule has 3 aromatic carbocycles. The minimum absolute atomic E-state index is 0.218. The van der Waals surface area contributed by atoms with E-state index in [1.165, 1.54) is 18.3 Å². The van der Waals surface area contributed by atoms with Crippen LogP contribution in [-0.4, -0.2) is 29.8 Å². The summed E-state index contributed by atoms with van der Waals surface area (Å²) in [5.41, 5.74) is 4.69. The van der Waals surface area contributed by atoms with Gasteiger partial charge in [0.2, 0.25) is 0 Å². The van der Waals surface area contributed by atoms with Crippen LogP contribution in [0.5, 0.6) is 11.5 Å². The fourth-order valence-electron chi connectivity index (χ4n) is 2.80. The number of hydrogen-bond acceptors (Lipinski definition) is 5. The molecule has 0 fully saturated rings. The zero-order chi connectivity index (χ0) is 23.8. The Hall–Kier alpha value is -3.11. The average molecular weight is 579 g/mol. The van der Waals surface area contributed by atoms with Crippen LogP contribution in [0.3, 0.4) is 0 Å². The number of hydrazone groups is 1. The molecular weight excluding hydrogens is 559 g/mol. The maximum atomic E-state index is 12.2. The Kier molecular flexibility index (Phi) is 8.67. The second-order valence-electron chi connectivity index (χ2n) is 6.76. The van der Waals surface area contributed by atoms with Gasteiger partial charge in [0.05, 0.1) is 22.0 Å². The lowest BCUT2D eigenvalue weighted by molar-refractivity contribution is 0.0696. The number of benzene rings is 3. The van der Waals surface area contributed by atoms with Crippen LogP contribution in [0, 0.1) is 3.57 Å². The fraction of sp³-hybridized carbons (Fsp3) is 0.125. The Labute approximate surface area is 209 Å². The van der Waals surface area contributed by atoms with Crippen LogP contribution in [0.25, 0.3) is 0 Å². The van der Waals surface area contributed by atoms with Gasteiger partial charge < -0.3 is 14.6 Å². The van der Waals surface area contributed by atoms with Crippen molar-refractivity contribution in [1.82, 2.24) is 5.43 Å². The van der Waals surface area contributed by atoms with E-state index >= 15 is 0 Å². The monoisotopic (exact) mass is 578 g/mol. The Morgan fingerprint density at radius 2 is 1.73 bits per heavy atom. The topological polar surface area (TPSA) is 97.2 Å². The highest BCUT2D eigenvalue weighted by molar-refractivity contribution is 14.1. The summed E-state index contributed by atoms with van der Waals surface area (Å²) in [5.74, 6) is -0.215. The number of carbonyl (C=O) groups excluding carboxylic acids is 1. The van der Waals surface area contributed by atoms with Crippen LogP contribution < -0.4 is 14.9 Å². The Morgan fingerprint density at radius 1 is 1.06 bits per heavy atom. The average Bonchev–Trinajstić information content (AvgIpc) is 2.79. The quantitative estimate of drug-likeness (QED) is 0.202. The van der Waals surface area contributed by atoms with Crippen LogP contribution in [-0.2, 0) is 6.61 Å². The van der Waals surface area contributed by atoms with E-state index in [1.807, 2.05) is 13.0 Å². The molecule has 0 aliphatic rings. The number of amides is 1. The van der Waals surface area contributed by atoms with Crippen molar-refractivity contribution >= 4 is 52.3 Å². The van der Waals surface area contributed by atoms with Gasteiger partial charge in [0.15, 0.2) is 11.5 Å². The molecule has 0 radical (unpaired) electrons. The van der Waals surface area contributed by atoms with Crippen molar-refractivity contribution in [1.29, 1.82) is 0 Å². The third kappa shape index (κ3) is 6.93. The van der Waals surface area contributed by atoms with Crippen molar-refractivity contribution in [2.24, 2.45) is 5.10 Å². The van der Waals surface area contributed by atoms with Gasteiger partial charge in [-0.15, -0.1) is 0 Å². The van der Waals surface area contributed by atoms with Crippen LogP contribution in [0.1, 0.15) is 38.8 Å². The van der Waals surface area contributed by atoms with Crippen LogP contribution >= 0.6 is 34.2 Å². The van der Waals surface area contributed by atoms with Gasteiger partial charge in [-0.25, -0.2) is 10.2 Å². The molecule has 0 saturated carbocycles. The zero-order valence-corrected chi connectivity index (χ0v) is 20.5. The normalized spacial score (nSPS) is 10.8. The Bertz CT molecular complexity index is 1160. The molecule has 3 rings (SSSR count). The van der Waals surface area contributed by atoms with Crippen molar-refractivity contribution in [3.05, 3.63) is 91.5 Å². The van der Waals surface area contributed by atoms with E-state index < -0.39 is 5.97 Å².